The monoisotopic (exact) mass is 331 g/mol. The number of carbonyl (C=O) groups excluding carboxylic acids is 1. The molecule has 0 aliphatic heterocycles. The topological polar surface area (TPSA) is 53.2 Å². The van der Waals surface area contributed by atoms with Gasteiger partial charge in [0.1, 0.15) is 0 Å². The summed E-state index contributed by atoms with van der Waals surface area (Å²) >= 11 is 0. The second-order valence-electron chi connectivity index (χ2n) is 5.69. The number of carbonyl (C=O) groups is 1. The van der Waals surface area contributed by atoms with E-state index in [9.17, 15) is 4.79 Å². The number of hydrogen-bond acceptors (Lipinski definition) is 3. The third-order valence-electron chi connectivity index (χ3n) is 3.62. The predicted molar refractivity (Wildman–Crippen MR) is 97.6 cm³/mol. The van der Waals surface area contributed by atoms with Crippen molar-refractivity contribution in [3.63, 3.8) is 0 Å². The molecule has 23 heavy (non-hydrogen) atoms. The first-order valence-corrected chi connectivity index (χ1v) is 7.72. The van der Waals surface area contributed by atoms with Crippen LogP contribution < -0.4 is 16.0 Å². The van der Waals surface area contributed by atoms with Gasteiger partial charge in [-0.2, -0.15) is 0 Å². The number of amides is 1. The first kappa shape index (κ1) is 17.3. The summed E-state index contributed by atoms with van der Waals surface area (Å²) in [4.78, 5) is 11.9. The zero-order chi connectivity index (χ0) is 15.2. The Bertz CT molecular complexity index is 629. The molecular weight excluding hydrogens is 310 g/mol. The third-order valence-corrected chi connectivity index (χ3v) is 3.62. The highest BCUT2D eigenvalue weighted by atomic mass is 35.5. The first-order valence-electron chi connectivity index (χ1n) is 7.72. The molecular formula is C18H22ClN3O. The molecule has 4 nitrogen and oxygen atoms in total. The lowest BCUT2D eigenvalue weighted by atomic mass is 10.2. The van der Waals surface area contributed by atoms with E-state index in [-0.39, 0.29) is 18.3 Å². The highest BCUT2D eigenvalue weighted by Crippen LogP contribution is 2.27. The average Bonchev–Trinajstić information content (AvgIpc) is 3.33. The molecule has 5 heteroatoms. The minimum absolute atomic E-state index is 0. The van der Waals surface area contributed by atoms with Gasteiger partial charge in [-0.1, -0.05) is 24.3 Å². The van der Waals surface area contributed by atoms with Crippen molar-refractivity contribution in [3.8, 4) is 0 Å². The van der Waals surface area contributed by atoms with Crippen LogP contribution >= 0.6 is 12.4 Å². The fourth-order valence-corrected chi connectivity index (χ4v) is 2.28. The van der Waals surface area contributed by atoms with Crippen molar-refractivity contribution in [2.75, 3.05) is 23.7 Å². The number of para-hydroxylation sites is 1. The Morgan fingerprint density at radius 3 is 2.39 bits per heavy atom. The fraction of sp³-hybridized carbons (Fsp3) is 0.278. The summed E-state index contributed by atoms with van der Waals surface area (Å²) in [5, 5.41) is 9.43. The normalized spacial score (nSPS) is 13.0. The standard InChI is InChI=1S/C18H21N3O.ClH/c22-18(13-19-12-14-9-10-14)21-17-8-4-7-16(11-17)20-15-5-2-1-3-6-15;/h1-8,11,14,19-20H,9-10,12-13H2,(H,21,22);1H. The Balaban J connectivity index is 0.00000192. The maximum Gasteiger partial charge on any atom is 0.238 e. The van der Waals surface area contributed by atoms with Crippen LogP contribution in [0.4, 0.5) is 17.1 Å². The van der Waals surface area contributed by atoms with Crippen LogP contribution in [-0.4, -0.2) is 19.0 Å². The zero-order valence-corrected chi connectivity index (χ0v) is 13.7. The quantitative estimate of drug-likeness (QED) is 0.723. The van der Waals surface area contributed by atoms with Gasteiger partial charge in [-0.05, 0) is 55.6 Å². The molecule has 1 amide bonds. The fourth-order valence-electron chi connectivity index (χ4n) is 2.28. The van der Waals surface area contributed by atoms with E-state index in [1.807, 2.05) is 54.6 Å². The molecule has 0 unspecified atom stereocenters. The highest BCUT2D eigenvalue weighted by Gasteiger charge is 2.20. The molecule has 3 rings (SSSR count). The summed E-state index contributed by atoms with van der Waals surface area (Å²) in [6.45, 7) is 1.32. The largest absolute Gasteiger partial charge is 0.355 e. The molecule has 122 valence electrons. The van der Waals surface area contributed by atoms with Crippen molar-refractivity contribution < 1.29 is 4.79 Å². The smallest absolute Gasteiger partial charge is 0.238 e. The number of benzene rings is 2. The van der Waals surface area contributed by atoms with Crippen molar-refractivity contribution >= 4 is 35.4 Å². The van der Waals surface area contributed by atoms with Crippen LogP contribution in [0.25, 0.3) is 0 Å². The summed E-state index contributed by atoms with van der Waals surface area (Å²) < 4.78 is 0. The third kappa shape index (κ3) is 5.93. The van der Waals surface area contributed by atoms with E-state index in [0.717, 1.165) is 29.5 Å². The van der Waals surface area contributed by atoms with Gasteiger partial charge in [-0.15, -0.1) is 12.4 Å². The maximum absolute atomic E-state index is 11.9. The molecule has 3 N–H and O–H groups in total. The average molecular weight is 332 g/mol. The van der Waals surface area contributed by atoms with Gasteiger partial charge in [-0.25, -0.2) is 0 Å². The van der Waals surface area contributed by atoms with Gasteiger partial charge < -0.3 is 16.0 Å². The summed E-state index contributed by atoms with van der Waals surface area (Å²) in [5.74, 6) is 0.781. The molecule has 0 aromatic heterocycles. The molecule has 0 atom stereocenters. The highest BCUT2D eigenvalue weighted by molar-refractivity contribution is 5.92. The van der Waals surface area contributed by atoms with E-state index in [0.29, 0.717) is 6.54 Å². The van der Waals surface area contributed by atoms with Crippen LogP contribution in [0.5, 0.6) is 0 Å². The second-order valence-corrected chi connectivity index (χ2v) is 5.69. The Labute approximate surface area is 143 Å². The summed E-state index contributed by atoms with van der Waals surface area (Å²) in [6, 6.07) is 17.7. The van der Waals surface area contributed by atoms with E-state index < -0.39 is 0 Å². The Hall–Kier alpha value is -2.04. The van der Waals surface area contributed by atoms with Gasteiger partial charge in [0.2, 0.25) is 5.91 Å². The van der Waals surface area contributed by atoms with Crippen LogP contribution in [0.1, 0.15) is 12.8 Å². The lowest BCUT2D eigenvalue weighted by molar-refractivity contribution is -0.115. The second kappa shape index (κ2) is 8.56. The Morgan fingerprint density at radius 2 is 1.65 bits per heavy atom. The summed E-state index contributed by atoms with van der Waals surface area (Å²) in [7, 11) is 0. The molecule has 0 spiro atoms. The molecule has 0 radical (unpaired) electrons. The van der Waals surface area contributed by atoms with E-state index in [1.54, 1.807) is 0 Å². The van der Waals surface area contributed by atoms with Crippen molar-refractivity contribution in [1.29, 1.82) is 0 Å². The maximum atomic E-state index is 11.9. The van der Waals surface area contributed by atoms with Gasteiger partial charge in [0.25, 0.3) is 0 Å². The van der Waals surface area contributed by atoms with Gasteiger partial charge in [-0.3, -0.25) is 4.79 Å². The molecule has 2 aromatic rings. The van der Waals surface area contributed by atoms with Crippen molar-refractivity contribution in [3.05, 3.63) is 54.6 Å². The Kier molecular flexibility index (Phi) is 6.44. The van der Waals surface area contributed by atoms with Crippen LogP contribution in [0.3, 0.4) is 0 Å². The molecule has 1 saturated carbocycles. The number of anilines is 3. The van der Waals surface area contributed by atoms with Gasteiger partial charge in [0, 0.05) is 17.1 Å². The number of hydrogen-bond donors (Lipinski definition) is 3. The zero-order valence-electron chi connectivity index (χ0n) is 12.9. The molecule has 0 bridgehead atoms. The van der Waals surface area contributed by atoms with Crippen LogP contribution in [-0.2, 0) is 4.79 Å². The molecule has 0 saturated heterocycles. The van der Waals surface area contributed by atoms with E-state index in [2.05, 4.69) is 16.0 Å². The van der Waals surface area contributed by atoms with Crippen molar-refractivity contribution in [2.45, 2.75) is 12.8 Å². The number of nitrogens with one attached hydrogen (secondary N) is 3. The first-order chi connectivity index (χ1) is 10.8. The van der Waals surface area contributed by atoms with Gasteiger partial charge in [0.05, 0.1) is 6.54 Å². The molecule has 1 aliphatic rings. The number of rotatable bonds is 7. The van der Waals surface area contributed by atoms with Gasteiger partial charge in [0.15, 0.2) is 0 Å². The Morgan fingerprint density at radius 1 is 0.957 bits per heavy atom. The van der Waals surface area contributed by atoms with Crippen LogP contribution in [0.2, 0.25) is 0 Å². The van der Waals surface area contributed by atoms with E-state index in [1.165, 1.54) is 12.8 Å². The number of halogens is 1. The minimum atomic E-state index is -0.00230. The van der Waals surface area contributed by atoms with Crippen molar-refractivity contribution in [1.82, 2.24) is 5.32 Å². The summed E-state index contributed by atoms with van der Waals surface area (Å²) in [6.07, 6.45) is 2.59. The van der Waals surface area contributed by atoms with E-state index in [4.69, 9.17) is 0 Å². The lowest BCUT2D eigenvalue weighted by Crippen LogP contribution is -2.29. The predicted octanol–water partition coefficient (Wildman–Crippen LogP) is 3.79. The van der Waals surface area contributed by atoms with Gasteiger partial charge >= 0.3 is 0 Å². The van der Waals surface area contributed by atoms with Crippen LogP contribution in [0.15, 0.2) is 54.6 Å². The molecule has 1 fully saturated rings. The molecule has 1 aliphatic carbocycles. The SMILES string of the molecule is Cl.O=C(CNCC1CC1)Nc1cccc(Nc2ccccc2)c1. The minimum Gasteiger partial charge on any atom is -0.355 e. The molecule has 0 heterocycles. The summed E-state index contributed by atoms with van der Waals surface area (Å²) in [5.41, 5.74) is 2.78. The van der Waals surface area contributed by atoms with E-state index >= 15 is 0 Å². The lowest BCUT2D eigenvalue weighted by Gasteiger charge is -2.10. The van der Waals surface area contributed by atoms with Crippen molar-refractivity contribution in [2.24, 2.45) is 5.92 Å². The molecule has 2 aromatic carbocycles. The van der Waals surface area contributed by atoms with Crippen LogP contribution in [0, 0.1) is 5.92 Å².